The Labute approximate surface area is 182 Å². The van der Waals surface area contributed by atoms with Crippen LogP contribution in [0.15, 0.2) is 77.7 Å². The number of benzene rings is 3. The molecule has 0 unspecified atom stereocenters. The first kappa shape index (κ1) is 22.2. The Morgan fingerprint density at radius 3 is 2.26 bits per heavy atom. The van der Waals surface area contributed by atoms with Gasteiger partial charge < -0.3 is 15.0 Å². The summed E-state index contributed by atoms with van der Waals surface area (Å²) >= 11 is 0. The van der Waals surface area contributed by atoms with Crippen molar-refractivity contribution in [1.82, 2.24) is 5.32 Å². The quantitative estimate of drug-likeness (QED) is 0.561. The lowest BCUT2D eigenvalue weighted by Crippen LogP contribution is -2.23. The summed E-state index contributed by atoms with van der Waals surface area (Å²) in [4.78, 5) is 14.6. The molecule has 7 nitrogen and oxygen atoms in total. The van der Waals surface area contributed by atoms with Crippen molar-refractivity contribution in [3.8, 4) is 5.75 Å². The van der Waals surface area contributed by atoms with Gasteiger partial charge in [0.1, 0.15) is 5.75 Å². The highest BCUT2D eigenvalue weighted by atomic mass is 32.2. The Kier molecular flexibility index (Phi) is 6.81. The van der Waals surface area contributed by atoms with Gasteiger partial charge >= 0.3 is 0 Å². The van der Waals surface area contributed by atoms with Gasteiger partial charge in [-0.1, -0.05) is 18.2 Å². The molecule has 0 heterocycles. The number of hydrogen-bond donors (Lipinski definition) is 2. The number of carbonyl (C=O) groups is 1. The zero-order chi connectivity index (χ0) is 22.4. The Morgan fingerprint density at radius 2 is 1.65 bits per heavy atom. The van der Waals surface area contributed by atoms with E-state index < -0.39 is 10.0 Å². The normalized spacial score (nSPS) is 10.9. The summed E-state index contributed by atoms with van der Waals surface area (Å²) in [6, 6.07) is 20.3. The van der Waals surface area contributed by atoms with Crippen LogP contribution in [0.4, 0.5) is 11.4 Å². The lowest BCUT2D eigenvalue weighted by atomic mass is 10.1. The van der Waals surface area contributed by atoms with Gasteiger partial charge in [-0.25, -0.2) is 8.42 Å². The molecule has 0 bridgehead atoms. The zero-order valence-electron chi connectivity index (χ0n) is 17.6. The highest BCUT2D eigenvalue weighted by molar-refractivity contribution is 7.92. The minimum absolute atomic E-state index is 0.101. The smallest absolute Gasteiger partial charge is 0.261 e. The molecule has 0 aromatic heterocycles. The first-order valence-corrected chi connectivity index (χ1v) is 11.1. The number of rotatable bonds is 8. The molecule has 0 aliphatic heterocycles. The molecule has 0 fully saturated rings. The van der Waals surface area contributed by atoms with Crippen LogP contribution in [0.25, 0.3) is 0 Å². The van der Waals surface area contributed by atoms with Crippen LogP contribution >= 0.6 is 0 Å². The van der Waals surface area contributed by atoms with E-state index in [4.69, 9.17) is 4.74 Å². The van der Waals surface area contributed by atoms with E-state index in [1.165, 1.54) is 25.3 Å². The van der Waals surface area contributed by atoms with Gasteiger partial charge in [-0.15, -0.1) is 0 Å². The lowest BCUT2D eigenvalue weighted by Gasteiger charge is -2.13. The molecule has 0 atom stereocenters. The van der Waals surface area contributed by atoms with Crippen LogP contribution in [0.1, 0.15) is 15.9 Å². The molecule has 2 N–H and O–H groups in total. The molecule has 0 spiro atoms. The second-order valence-electron chi connectivity index (χ2n) is 7.11. The fourth-order valence-electron chi connectivity index (χ4n) is 2.89. The maximum atomic E-state index is 12.6. The minimum Gasteiger partial charge on any atom is -0.497 e. The summed E-state index contributed by atoms with van der Waals surface area (Å²) in [7, 11) is 1.65. The van der Waals surface area contributed by atoms with Gasteiger partial charge in [-0.3, -0.25) is 9.52 Å². The standard InChI is InChI=1S/C23H25N3O4S/c1-26(2)20-9-7-17(8-10-20)16-24-23(27)18-5-4-6-19(15-18)25-31(28,29)22-13-11-21(30-3)12-14-22/h4-15,25H,16H2,1-3H3,(H,24,27). The van der Waals surface area contributed by atoms with Crippen molar-refractivity contribution in [3.63, 3.8) is 0 Å². The Bertz CT molecular complexity index is 1140. The van der Waals surface area contributed by atoms with Gasteiger partial charge in [-0.2, -0.15) is 0 Å². The summed E-state index contributed by atoms with van der Waals surface area (Å²) in [5, 5.41) is 2.85. The van der Waals surface area contributed by atoms with Crippen LogP contribution in [0.5, 0.6) is 5.75 Å². The Morgan fingerprint density at radius 1 is 0.968 bits per heavy atom. The molecule has 162 valence electrons. The molecule has 3 aromatic rings. The molecule has 3 rings (SSSR count). The topological polar surface area (TPSA) is 87.7 Å². The molecule has 0 saturated heterocycles. The minimum atomic E-state index is -3.79. The van der Waals surface area contributed by atoms with E-state index in [0.717, 1.165) is 11.3 Å². The third-order valence-electron chi connectivity index (χ3n) is 4.65. The Balaban J connectivity index is 1.66. The molecular formula is C23H25N3O4S. The van der Waals surface area contributed by atoms with Gasteiger partial charge in [0.15, 0.2) is 0 Å². The maximum absolute atomic E-state index is 12.6. The van der Waals surface area contributed by atoms with E-state index in [2.05, 4.69) is 10.0 Å². The van der Waals surface area contributed by atoms with E-state index in [9.17, 15) is 13.2 Å². The van der Waals surface area contributed by atoms with E-state index in [0.29, 0.717) is 23.5 Å². The van der Waals surface area contributed by atoms with Crippen LogP contribution in [0, 0.1) is 0 Å². The van der Waals surface area contributed by atoms with Gasteiger partial charge in [0, 0.05) is 37.6 Å². The molecule has 0 radical (unpaired) electrons. The SMILES string of the molecule is COc1ccc(S(=O)(=O)Nc2cccc(C(=O)NCc3ccc(N(C)C)cc3)c2)cc1. The fourth-order valence-corrected chi connectivity index (χ4v) is 3.94. The average Bonchev–Trinajstić information content (AvgIpc) is 2.77. The van der Waals surface area contributed by atoms with Crippen LogP contribution in [0.2, 0.25) is 0 Å². The number of hydrogen-bond acceptors (Lipinski definition) is 5. The summed E-state index contributed by atoms with van der Waals surface area (Å²) in [5.74, 6) is 0.274. The summed E-state index contributed by atoms with van der Waals surface area (Å²) < 4.78 is 32.8. The zero-order valence-corrected chi connectivity index (χ0v) is 18.4. The van der Waals surface area contributed by atoms with Crippen LogP contribution in [-0.2, 0) is 16.6 Å². The first-order chi connectivity index (χ1) is 14.8. The monoisotopic (exact) mass is 439 g/mol. The summed E-state index contributed by atoms with van der Waals surface area (Å²) in [6.07, 6.45) is 0. The largest absolute Gasteiger partial charge is 0.497 e. The number of carbonyl (C=O) groups excluding carboxylic acids is 1. The highest BCUT2D eigenvalue weighted by Gasteiger charge is 2.15. The van der Waals surface area contributed by atoms with E-state index in [1.54, 1.807) is 30.3 Å². The number of nitrogens with zero attached hydrogens (tertiary/aromatic N) is 1. The van der Waals surface area contributed by atoms with Crippen molar-refractivity contribution in [1.29, 1.82) is 0 Å². The molecule has 0 aliphatic rings. The number of methoxy groups -OCH3 is 1. The predicted molar refractivity (Wildman–Crippen MR) is 122 cm³/mol. The number of sulfonamides is 1. The molecule has 31 heavy (non-hydrogen) atoms. The second kappa shape index (κ2) is 9.53. The number of ether oxygens (including phenoxy) is 1. The number of nitrogens with one attached hydrogen (secondary N) is 2. The third-order valence-corrected chi connectivity index (χ3v) is 6.05. The number of amides is 1. The fraction of sp³-hybridized carbons (Fsp3) is 0.174. The summed E-state index contributed by atoms with van der Waals surface area (Å²) in [6.45, 7) is 0.369. The third kappa shape index (κ3) is 5.76. The molecule has 3 aromatic carbocycles. The van der Waals surface area contributed by atoms with Crippen LogP contribution < -0.4 is 19.7 Å². The van der Waals surface area contributed by atoms with Crippen molar-refractivity contribution < 1.29 is 17.9 Å². The second-order valence-corrected chi connectivity index (χ2v) is 8.79. The van der Waals surface area contributed by atoms with E-state index in [-0.39, 0.29) is 10.8 Å². The van der Waals surface area contributed by atoms with Crippen molar-refractivity contribution >= 4 is 27.3 Å². The first-order valence-electron chi connectivity index (χ1n) is 9.60. The van der Waals surface area contributed by atoms with Crippen LogP contribution in [-0.4, -0.2) is 35.5 Å². The van der Waals surface area contributed by atoms with Crippen molar-refractivity contribution in [2.75, 3.05) is 30.8 Å². The van der Waals surface area contributed by atoms with E-state index >= 15 is 0 Å². The van der Waals surface area contributed by atoms with Gasteiger partial charge in [0.25, 0.3) is 15.9 Å². The molecule has 0 saturated carbocycles. The molecule has 8 heteroatoms. The molecular weight excluding hydrogens is 414 g/mol. The van der Waals surface area contributed by atoms with Gasteiger partial charge in [0.2, 0.25) is 0 Å². The van der Waals surface area contributed by atoms with E-state index in [1.807, 2.05) is 43.3 Å². The predicted octanol–water partition coefficient (Wildman–Crippen LogP) is 3.49. The van der Waals surface area contributed by atoms with Crippen molar-refractivity contribution in [2.45, 2.75) is 11.4 Å². The molecule has 1 amide bonds. The lowest BCUT2D eigenvalue weighted by molar-refractivity contribution is 0.0951. The van der Waals surface area contributed by atoms with Crippen molar-refractivity contribution in [2.24, 2.45) is 0 Å². The van der Waals surface area contributed by atoms with Crippen molar-refractivity contribution in [3.05, 3.63) is 83.9 Å². The van der Waals surface area contributed by atoms with Gasteiger partial charge in [0.05, 0.1) is 12.0 Å². The van der Waals surface area contributed by atoms with Gasteiger partial charge in [-0.05, 0) is 60.2 Å². The average molecular weight is 440 g/mol. The maximum Gasteiger partial charge on any atom is 0.261 e. The molecule has 0 aliphatic carbocycles. The van der Waals surface area contributed by atoms with Crippen LogP contribution in [0.3, 0.4) is 0 Å². The number of anilines is 2. The highest BCUT2D eigenvalue weighted by Crippen LogP contribution is 2.20. The Hall–Kier alpha value is -3.52. The summed E-state index contributed by atoms with van der Waals surface area (Å²) in [5.41, 5.74) is 2.71.